The first-order valence-corrected chi connectivity index (χ1v) is 4.86. The molecule has 0 aromatic carbocycles. The molecule has 0 aliphatic carbocycles. The summed E-state index contributed by atoms with van der Waals surface area (Å²) in [6.45, 7) is 5.81. The van der Waals surface area contributed by atoms with Gasteiger partial charge < -0.3 is 9.90 Å². The molecule has 0 radical (unpaired) electrons. The van der Waals surface area contributed by atoms with Gasteiger partial charge in [-0.25, -0.2) is 0 Å². The largest absolute Gasteiger partial charge is 0.389 e. The Balaban J connectivity index is 3.55. The van der Waals surface area contributed by atoms with E-state index in [2.05, 4.69) is 13.8 Å². The smallest absolute Gasteiger partial charge is 0.129 e. The van der Waals surface area contributed by atoms with E-state index >= 15 is 0 Å². The van der Waals surface area contributed by atoms with Crippen LogP contribution in [0.25, 0.3) is 0 Å². The van der Waals surface area contributed by atoms with Gasteiger partial charge in [-0.2, -0.15) is 0 Å². The van der Waals surface area contributed by atoms with Crippen molar-refractivity contribution in [2.75, 3.05) is 0 Å². The van der Waals surface area contributed by atoms with E-state index in [1.54, 1.807) is 13.0 Å². The second kappa shape index (κ2) is 6.84. The molecular weight excluding hydrogens is 164 g/mol. The van der Waals surface area contributed by atoms with Gasteiger partial charge in [0.25, 0.3) is 0 Å². The third-order valence-corrected chi connectivity index (χ3v) is 1.76. The number of hydrogen-bond donors (Lipinski definition) is 1. The predicted molar refractivity (Wildman–Crippen MR) is 54.5 cm³/mol. The summed E-state index contributed by atoms with van der Waals surface area (Å²) in [5.41, 5.74) is 0. The molecule has 13 heavy (non-hydrogen) atoms. The van der Waals surface area contributed by atoms with Crippen molar-refractivity contribution >= 4 is 5.78 Å². The van der Waals surface area contributed by atoms with Gasteiger partial charge >= 0.3 is 0 Å². The first-order valence-electron chi connectivity index (χ1n) is 4.86. The first-order chi connectivity index (χ1) is 6.02. The normalized spacial score (nSPS) is 13.9. The molecule has 0 rings (SSSR count). The predicted octanol–water partition coefficient (Wildman–Crippen LogP) is 2.32. The molecule has 0 saturated heterocycles. The second-order valence-electron chi connectivity index (χ2n) is 3.87. The molecule has 1 unspecified atom stereocenters. The van der Waals surface area contributed by atoms with E-state index in [0.29, 0.717) is 18.8 Å². The van der Waals surface area contributed by atoms with Crippen molar-refractivity contribution in [3.8, 4) is 0 Å². The summed E-state index contributed by atoms with van der Waals surface area (Å²) in [6, 6.07) is 0. The average molecular weight is 184 g/mol. The Morgan fingerprint density at radius 2 is 2.08 bits per heavy atom. The van der Waals surface area contributed by atoms with Crippen LogP contribution in [0.15, 0.2) is 12.2 Å². The van der Waals surface area contributed by atoms with Gasteiger partial charge in [0.2, 0.25) is 0 Å². The highest BCUT2D eigenvalue weighted by atomic mass is 16.3. The Kier molecular flexibility index (Phi) is 6.51. The van der Waals surface area contributed by atoms with Gasteiger partial charge in [-0.1, -0.05) is 26.0 Å². The van der Waals surface area contributed by atoms with Crippen LogP contribution in [0, 0.1) is 5.92 Å². The summed E-state index contributed by atoms with van der Waals surface area (Å²) in [5.74, 6) is 0.757. The van der Waals surface area contributed by atoms with Crippen LogP contribution in [0.4, 0.5) is 0 Å². The number of aliphatic hydroxyl groups excluding tert-OH is 1. The van der Waals surface area contributed by atoms with Crippen LogP contribution < -0.4 is 0 Å². The lowest BCUT2D eigenvalue weighted by atomic mass is 10.1. The standard InChI is InChI=1S/C11H20O2/c1-9(2)5-4-6-11(13)8-7-10(3)12/h4,6,9,11,13H,5,7-8H2,1-3H3. The lowest BCUT2D eigenvalue weighted by Crippen LogP contribution is -2.04. The number of Topliss-reactive ketones (excluding diaryl/α,β-unsaturated/α-hetero) is 1. The van der Waals surface area contributed by atoms with Crippen molar-refractivity contribution in [2.45, 2.75) is 46.1 Å². The number of allylic oxidation sites excluding steroid dienone is 1. The van der Waals surface area contributed by atoms with Gasteiger partial charge in [0, 0.05) is 6.42 Å². The molecule has 0 bridgehead atoms. The van der Waals surface area contributed by atoms with E-state index in [4.69, 9.17) is 0 Å². The van der Waals surface area contributed by atoms with Gasteiger partial charge in [-0.05, 0) is 25.7 Å². The van der Waals surface area contributed by atoms with E-state index in [1.807, 2.05) is 6.08 Å². The molecule has 0 spiro atoms. The van der Waals surface area contributed by atoms with Gasteiger partial charge in [-0.15, -0.1) is 0 Å². The summed E-state index contributed by atoms with van der Waals surface area (Å²) in [7, 11) is 0. The van der Waals surface area contributed by atoms with Crippen molar-refractivity contribution in [3.63, 3.8) is 0 Å². The third-order valence-electron chi connectivity index (χ3n) is 1.76. The maximum Gasteiger partial charge on any atom is 0.129 e. The molecular formula is C11H20O2. The molecule has 1 N–H and O–H groups in total. The summed E-state index contributed by atoms with van der Waals surface area (Å²) < 4.78 is 0. The van der Waals surface area contributed by atoms with E-state index < -0.39 is 6.10 Å². The Labute approximate surface area is 80.7 Å². The van der Waals surface area contributed by atoms with Crippen LogP contribution in [0.1, 0.15) is 40.0 Å². The molecule has 0 aromatic heterocycles. The number of hydrogen-bond acceptors (Lipinski definition) is 2. The summed E-state index contributed by atoms with van der Waals surface area (Å²) in [5, 5.41) is 9.37. The van der Waals surface area contributed by atoms with Crippen LogP contribution in [-0.2, 0) is 4.79 Å². The molecule has 0 heterocycles. The SMILES string of the molecule is CC(=O)CCC(O)C=CCC(C)C. The Morgan fingerprint density at radius 3 is 2.54 bits per heavy atom. The molecule has 0 fully saturated rings. The Morgan fingerprint density at radius 1 is 1.46 bits per heavy atom. The number of carbonyl (C=O) groups is 1. The minimum atomic E-state index is -0.456. The molecule has 0 aliphatic rings. The van der Waals surface area contributed by atoms with Crippen LogP contribution >= 0.6 is 0 Å². The van der Waals surface area contributed by atoms with E-state index in [-0.39, 0.29) is 5.78 Å². The van der Waals surface area contributed by atoms with Crippen molar-refractivity contribution in [2.24, 2.45) is 5.92 Å². The van der Waals surface area contributed by atoms with Crippen molar-refractivity contribution in [1.29, 1.82) is 0 Å². The maximum absolute atomic E-state index is 10.6. The highest BCUT2D eigenvalue weighted by Gasteiger charge is 2.00. The van der Waals surface area contributed by atoms with E-state index in [9.17, 15) is 9.90 Å². The van der Waals surface area contributed by atoms with Crippen LogP contribution in [0.3, 0.4) is 0 Å². The van der Waals surface area contributed by atoms with Crippen LogP contribution in [0.5, 0.6) is 0 Å². The van der Waals surface area contributed by atoms with Gasteiger partial charge in [0.1, 0.15) is 5.78 Å². The highest BCUT2D eigenvalue weighted by molar-refractivity contribution is 5.75. The molecule has 0 amide bonds. The fourth-order valence-corrected chi connectivity index (χ4v) is 0.955. The number of ketones is 1. The fraction of sp³-hybridized carbons (Fsp3) is 0.727. The minimum Gasteiger partial charge on any atom is -0.389 e. The highest BCUT2D eigenvalue weighted by Crippen LogP contribution is 2.04. The first kappa shape index (κ1) is 12.4. The summed E-state index contributed by atoms with van der Waals surface area (Å²) in [4.78, 5) is 10.6. The molecule has 2 nitrogen and oxygen atoms in total. The molecule has 0 aliphatic heterocycles. The van der Waals surface area contributed by atoms with Crippen molar-refractivity contribution in [1.82, 2.24) is 0 Å². The van der Waals surface area contributed by atoms with Crippen molar-refractivity contribution in [3.05, 3.63) is 12.2 Å². The monoisotopic (exact) mass is 184 g/mol. The van der Waals surface area contributed by atoms with E-state index in [1.165, 1.54) is 0 Å². The van der Waals surface area contributed by atoms with Crippen LogP contribution in [0.2, 0.25) is 0 Å². The topological polar surface area (TPSA) is 37.3 Å². The lowest BCUT2D eigenvalue weighted by Gasteiger charge is -2.03. The molecule has 76 valence electrons. The van der Waals surface area contributed by atoms with Gasteiger partial charge in [-0.3, -0.25) is 0 Å². The second-order valence-corrected chi connectivity index (χ2v) is 3.87. The summed E-state index contributed by atoms with van der Waals surface area (Å²) >= 11 is 0. The lowest BCUT2D eigenvalue weighted by molar-refractivity contribution is -0.117. The quantitative estimate of drug-likeness (QED) is 0.643. The zero-order chi connectivity index (χ0) is 10.3. The number of rotatable bonds is 6. The minimum absolute atomic E-state index is 0.135. The van der Waals surface area contributed by atoms with E-state index in [0.717, 1.165) is 6.42 Å². The van der Waals surface area contributed by atoms with Gasteiger partial charge in [0.05, 0.1) is 6.10 Å². The Hall–Kier alpha value is -0.630. The zero-order valence-electron chi connectivity index (χ0n) is 8.79. The molecule has 0 saturated carbocycles. The average Bonchev–Trinajstić information content (AvgIpc) is 2.00. The number of aliphatic hydroxyl groups is 1. The molecule has 0 aromatic rings. The zero-order valence-corrected chi connectivity index (χ0v) is 8.79. The summed E-state index contributed by atoms with van der Waals surface area (Å²) in [6.07, 6.45) is 5.30. The van der Waals surface area contributed by atoms with Crippen LogP contribution in [-0.4, -0.2) is 17.0 Å². The van der Waals surface area contributed by atoms with Crippen molar-refractivity contribution < 1.29 is 9.90 Å². The van der Waals surface area contributed by atoms with Gasteiger partial charge in [0.15, 0.2) is 0 Å². The Bertz CT molecular complexity index is 171. The molecule has 2 heteroatoms. The maximum atomic E-state index is 10.6. The fourth-order valence-electron chi connectivity index (χ4n) is 0.955. The molecule has 1 atom stereocenters. The third kappa shape index (κ3) is 9.28. The number of carbonyl (C=O) groups excluding carboxylic acids is 1.